The fraction of sp³-hybridized carbons (Fsp3) is 1.00. The molecule has 0 spiro atoms. The molecule has 0 bridgehead atoms. The minimum absolute atomic E-state index is 0.321. The van der Waals surface area contributed by atoms with E-state index in [4.69, 9.17) is 10.5 Å². The molecular weight excluding hydrogens is 242 g/mol. The van der Waals surface area contributed by atoms with Crippen LogP contribution in [-0.4, -0.2) is 52.6 Å². The average Bonchev–Trinajstić information content (AvgIpc) is 3.09. The lowest BCUT2D eigenvalue weighted by atomic mass is 10.4. The van der Waals surface area contributed by atoms with Crippen molar-refractivity contribution < 1.29 is 13.2 Å². The van der Waals surface area contributed by atoms with Crippen LogP contribution in [0.4, 0.5) is 0 Å². The Bertz CT molecular complexity index is 304. The van der Waals surface area contributed by atoms with E-state index in [1.165, 1.54) is 17.1 Å². The van der Waals surface area contributed by atoms with Gasteiger partial charge in [0.25, 0.3) is 10.2 Å². The molecule has 0 aromatic carbocycles. The van der Waals surface area contributed by atoms with Gasteiger partial charge in [0, 0.05) is 26.7 Å². The van der Waals surface area contributed by atoms with Crippen LogP contribution in [-0.2, 0) is 14.9 Å². The fourth-order valence-corrected chi connectivity index (χ4v) is 2.25. The first-order valence-corrected chi connectivity index (χ1v) is 7.49. The SMILES string of the molecule is CN(CCCN)S(=O)(=O)NCCOCC1CC1. The van der Waals surface area contributed by atoms with E-state index >= 15 is 0 Å². The van der Waals surface area contributed by atoms with Crippen LogP contribution < -0.4 is 10.5 Å². The number of ether oxygens (including phenoxy) is 1. The van der Waals surface area contributed by atoms with Gasteiger partial charge in [-0.25, -0.2) is 0 Å². The zero-order valence-corrected chi connectivity index (χ0v) is 11.2. The highest BCUT2D eigenvalue weighted by Gasteiger charge is 2.21. The maximum absolute atomic E-state index is 11.7. The third-order valence-electron chi connectivity index (χ3n) is 2.67. The summed E-state index contributed by atoms with van der Waals surface area (Å²) >= 11 is 0. The van der Waals surface area contributed by atoms with E-state index in [-0.39, 0.29) is 0 Å². The maximum atomic E-state index is 11.7. The second-order valence-corrected chi connectivity index (χ2v) is 6.24. The zero-order chi connectivity index (χ0) is 12.7. The summed E-state index contributed by atoms with van der Waals surface area (Å²) in [7, 11) is -1.83. The molecule has 0 unspecified atom stereocenters. The summed E-state index contributed by atoms with van der Waals surface area (Å²) in [5.74, 6) is 0.707. The third kappa shape index (κ3) is 6.32. The van der Waals surface area contributed by atoms with Crippen molar-refractivity contribution in [3.63, 3.8) is 0 Å². The lowest BCUT2D eigenvalue weighted by Gasteiger charge is -2.17. The summed E-state index contributed by atoms with van der Waals surface area (Å²) in [5.41, 5.74) is 5.33. The first-order valence-electron chi connectivity index (χ1n) is 6.05. The number of nitrogens with zero attached hydrogens (tertiary/aromatic N) is 1. The van der Waals surface area contributed by atoms with Crippen LogP contribution in [0, 0.1) is 5.92 Å². The van der Waals surface area contributed by atoms with Gasteiger partial charge < -0.3 is 10.5 Å². The second-order valence-electron chi connectivity index (χ2n) is 4.38. The van der Waals surface area contributed by atoms with E-state index in [2.05, 4.69) is 4.72 Å². The fourth-order valence-electron chi connectivity index (χ4n) is 1.32. The molecular formula is C10H23N3O3S. The molecule has 0 amide bonds. The standard InChI is InChI=1S/C10H23N3O3S/c1-13(7-2-5-11)17(14,15)12-6-8-16-9-10-3-4-10/h10,12H,2-9,11H2,1H3. The summed E-state index contributed by atoms with van der Waals surface area (Å²) in [6.07, 6.45) is 3.15. The number of rotatable bonds is 10. The van der Waals surface area contributed by atoms with Crippen LogP contribution in [0.25, 0.3) is 0 Å². The van der Waals surface area contributed by atoms with Crippen LogP contribution in [0.5, 0.6) is 0 Å². The first kappa shape index (κ1) is 14.8. The molecule has 7 heteroatoms. The van der Waals surface area contributed by atoms with Gasteiger partial charge in [0.1, 0.15) is 0 Å². The molecule has 1 fully saturated rings. The van der Waals surface area contributed by atoms with Crippen molar-refractivity contribution in [1.82, 2.24) is 9.03 Å². The second kappa shape index (κ2) is 7.27. The van der Waals surface area contributed by atoms with E-state index in [0.29, 0.717) is 38.6 Å². The van der Waals surface area contributed by atoms with Crippen molar-refractivity contribution in [3.05, 3.63) is 0 Å². The molecule has 6 nitrogen and oxygen atoms in total. The Kier molecular flexibility index (Phi) is 6.35. The highest BCUT2D eigenvalue weighted by atomic mass is 32.2. The average molecular weight is 265 g/mol. The number of nitrogens with two attached hydrogens (primary N) is 1. The molecule has 1 aliphatic rings. The molecule has 1 rings (SSSR count). The predicted octanol–water partition coefficient (Wildman–Crippen LogP) is -0.472. The Balaban J connectivity index is 2.09. The van der Waals surface area contributed by atoms with Gasteiger partial charge in [-0.3, -0.25) is 0 Å². The smallest absolute Gasteiger partial charge is 0.279 e. The van der Waals surface area contributed by atoms with Gasteiger partial charge in [-0.2, -0.15) is 17.4 Å². The maximum Gasteiger partial charge on any atom is 0.279 e. The van der Waals surface area contributed by atoms with E-state index < -0.39 is 10.2 Å². The molecule has 0 aromatic heterocycles. The predicted molar refractivity (Wildman–Crippen MR) is 66.8 cm³/mol. The topological polar surface area (TPSA) is 84.7 Å². The van der Waals surface area contributed by atoms with Gasteiger partial charge in [-0.1, -0.05) is 0 Å². The number of nitrogens with one attached hydrogen (secondary N) is 1. The Morgan fingerprint density at radius 1 is 1.47 bits per heavy atom. The van der Waals surface area contributed by atoms with Gasteiger partial charge in [0.2, 0.25) is 0 Å². The molecule has 0 aromatic rings. The van der Waals surface area contributed by atoms with E-state index in [1.54, 1.807) is 7.05 Å². The lowest BCUT2D eigenvalue weighted by molar-refractivity contribution is 0.129. The molecule has 17 heavy (non-hydrogen) atoms. The molecule has 0 saturated heterocycles. The van der Waals surface area contributed by atoms with E-state index in [1.807, 2.05) is 0 Å². The summed E-state index contributed by atoms with van der Waals surface area (Å²) in [4.78, 5) is 0. The van der Waals surface area contributed by atoms with Gasteiger partial charge in [0.15, 0.2) is 0 Å². The van der Waals surface area contributed by atoms with Gasteiger partial charge in [0.05, 0.1) is 6.61 Å². The Morgan fingerprint density at radius 2 is 2.18 bits per heavy atom. The third-order valence-corrected chi connectivity index (χ3v) is 4.24. The highest BCUT2D eigenvalue weighted by Crippen LogP contribution is 2.28. The van der Waals surface area contributed by atoms with Gasteiger partial charge >= 0.3 is 0 Å². The van der Waals surface area contributed by atoms with Crippen molar-refractivity contribution in [2.45, 2.75) is 19.3 Å². The molecule has 0 heterocycles. The molecule has 3 N–H and O–H groups in total. The molecule has 0 atom stereocenters. The molecule has 0 radical (unpaired) electrons. The molecule has 0 aliphatic heterocycles. The Hall–Kier alpha value is -0.210. The summed E-state index contributed by atoms with van der Waals surface area (Å²) in [6, 6.07) is 0. The van der Waals surface area contributed by atoms with Crippen molar-refractivity contribution >= 4 is 10.2 Å². The Labute approximate surface area is 104 Å². The van der Waals surface area contributed by atoms with Crippen molar-refractivity contribution in [3.8, 4) is 0 Å². The number of hydrogen-bond acceptors (Lipinski definition) is 4. The van der Waals surface area contributed by atoms with Crippen molar-refractivity contribution in [2.24, 2.45) is 11.7 Å². The Morgan fingerprint density at radius 3 is 2.76 bits per heavy atom. The monoisotopic (exact) mass is 265 g/mol. The summed E-state index contributed by atoms with van der Waals surface area (Å²) in [5, 5.41) is 0. The zero-order valence-electron chi connectivity index (χ0n) is 10.4. The van der Waals surface area contributed by atoms with Crippen molar-refractivity contribution in [1.29, 1.82) is 0 Å². The van der Waals surface area contributed by atoms with Crippen LogP contribution >= 0.6 is 0 Å². The minimum atomic E-state index is -3.37. The van der Waals surface area contributed by atoms with Gasteiger partial charge in [-0.05, 0) is 31.7 Å². The van der Waals surface area contributed by atoms with Crippen LogP contribution in [0.3, 0.4) is 0 Å². The van der Waals surface area contributed by atoms with Crippen LogP contribution in [0.2, 0.25) is 0 Å². The quantitative estimate of drug-likeness (QED) is 0.523. The normalized spacial score (nSPS) is 16.6. The minimum Gasteiger partial charge on any atom is -0.380 e. The van der Waals surface area contributed by atoms with E-state index in [0.717, 1.165) is 6.61 Å². The molecule has 1 aliphatic carbocycles. The van der Waals surface area contributed by atoms with E-state index in [9.17, 15) is 8.42 Å². The van der Waals surface area contributed by atoms with Crippen LogP contribution in [0.15, 0.2) is 0 Å². The first-order chi connectivity index (χ1) is 8.06. The number of hydrogen-bond donors (Lipinski definition) is 2. The largest absolute Gasteiger partial charge is 0.380 e. The molecule has 1 saturated carbocycles. The lowest BCUT2D eigenvalue weighted by Crippen LogP contribution is -2.40. The summed E-state index contributed by atoms with van der Waals surface area (Å²) < 4.78 is 32.4. The summed E-state index contributed by atoms with van der Waals surface area (Å²) in [6.45, 7) is 2.44. The van der Waals surface area contributed by atoms with Crippen molar-refractivity contribution in [2.75, 3.05) is 39.9 Å². The van der Waals surface area contributed by atoms with Gasteiger partial charge in [-0.15, -0.1) is 0 Å². The molecule has 102 valence electrons. The highest BCUT2D eigenvalue weighted by molar-refractivity contribution is 7.87. The van der Waals surface area contributed by atoms with Crippen LogP contribution in [0.1, 0.15) is 19.3 Å².